The number of nitrogens with one attached hydrogen (secondary N) is 1. The summed E-state index contributed by atoms with van der Waals surface area (Å²) < 4.78 is 0. The number of piperazine rings is 1. The van der Waals surface area contributed by atoms with E-state index in [2.05, 4.69) is 58.2 Å². The second-order valence-electron chi connectivity index (χ2n) is 7.70. The van der Waals surface area contributed by atoms with Crippen molar-refractivity contribution in [2.45, 2.75) is 20.8 Å². The van der Waals surface area contributed by atoms with Crippen molar-refractivity contribution in [3.63, 3.8) is 0 Å². The number of aryl methyl sites for hydroxylation is 2. The number of hydrogen-bond acceptors (Lipinski definition) is 6. The third-order valence-corrected chi connectivity index (χ3v) is 5.63. The fraction of sp³-hybridized carbons (Fsp3) is 0.292. The van der Waals surface area contributed by atoms with Gasteiger partial charge in [-0.1, -0.05) is 12.1 Å². The quantitative estimate of drug-likeness (QED) is 0.705. The summed E-state index contributed by atoms with van der Waals surface area (Å²) in [5.74, 6) is 1.52. The number of benzene rings is 2. The third kappa shape index (κ3) is 4.20. The van der Waals surface area contributed by atoms with Crippen LogP contribution >= 0.6 is 0 Å². The van der Waals surface area contributed by atoms with E-state index >= 15 is 0 Å². The Hall–Kier alpha value is -3.59. The molecular weight excluding hydrogens is 372 g/mol. The highest BCUT2D eigenvalue weighted by atomic mass is 15.3. The van der Waals surface area contributed by atoms with Gasteiger partial charge in [0.05, 0.1) is 11.6 Å². The van der Waals surface area contributed by atoms with Gasteiger partial charge in [0.25, 0.3) is 0 Å². The Morgan fingerprint density at radius 3 is 2.30 bits per heavy atom. The van der Waals surface area contributed by atoms with Crippen molar-refractivity contribution in [3.8, 4) is 6.07 Å². The molecule has 0 bridgehead atoms. The molecule has 1 fully saturated rings. The van der Waals surface area contributed by atoms with Crippen LogP contribution in [0.1, 0.15) is 22.4 Å². The Labute approximate surface area is 177 Å². The van der Waals surface area contributed by atoms with Gasteiger partial charge in [0, 0.05) is 49.3 Å². The van der Waals surface area contributed by atoms with Crippen LogP contribution in [0.2, 0.25) is 0 Å². The first-order valence-electron chi connectivity index (χ1n) is 10.2. The molecule has 3 aromatic rings. The average molecular weight is 399 g/mol. The summed E-state index contributed by atoms with van der Waals surface area (Å²) in [5, 5.41) is 12.2. The molecule has 1 aliphatic heterocycles. The van der Waals surface area contributed by atoms with E-state index < -0.39 is 0 Å². The molecule has 1 N–H and O–H groups in total. The van der Waals surface area contributed by atoms with Crippen molar-refractivity contribution in [1.82, 2.24) is 9.97 Å². The molecule has 1 saturated heterocycles. The van der Waals surface area contributed by atoms with Crippen molar-refractivity contribution in [3.05, 3.63) is 70.9 Å². The highest BCUT2D eigenvalue weighted by molar-refractivity contribution is 5.59. The predicted octanol–water partition coefficient (Wildman–Crippen LogP) is 4.34. The van der Waals surface area contributed by atoms with Gasteiger partial charge in [-0.3, -0.25) is 0 Å². The lowest BCUT2D eigenvalue weighted by atomic mass is 10.1. The highest BCUT2D eigenvalue weighted by Crippen LogP contribution is 2.26. The van der Waals surface area contributed by atoms with Crippen molar-refractivity contribution in [1.29, 1.82) is 5.26 Å². The number of anilines is 4. The number of nitrogens with zero attached hydrogens (tertiary/aromatic N) is 5. The lowest BCUT2D eigenvalue weighted by molar-refractivity contribution is 0.645. The van der Waals surface area contributed by atoms with E-state index in [0.717, 1.165) is 43.4 Å². The zero-order chi connectivity index (χ0) is 21.1. The molecule has 0 radical (unpaired) electrons. The van der Waals surface area contributed by atoms with Crippen molar-refractivity contribution in [2.24, 2.45) is 0 Å². The summed E-state index contributed by atoms with van der Waals surface area (Å²) in [7, 11) is 0. The molecule has 152 valence electrons. The minimum Gasteiger partial charge on any atom is -0.368 e. The Kier molecular flexibility index (Phi) is 5.53. The van der Waals surface area contributed by atoms with E-state index in [4.69, 9.17) is 10.2 Å². The molecule has 1 aliphatic rings. The Balaban J connectivity index is 1.47. The van der Waals surface area contributed by atoms with Crippen LogP contribution in [0.4, 0.5) is 23.1 Å². The van der Waals surface area contributed by atoms with Crippen LogP contribution in [0.15, 0.2) is 48.5 Å². The molecule has 0 aliphatic carbocycles. The first-order chi connectivity index (χ1) is 14.5. The molecular formula is C24H26N6. The van der Waals surface area contributed by atoms with Crippen LogP contribution in [0.25, 0.3) is 0 Å². The summed E-state index contributed by atoms with van der Waals surface area (Å²) in [6, 6.07) is 18.0. The minimum absolute atomic E-state index is 0.576. The molecule has 6 nitrogen and oxygen atoms in total. The normalized spacial score (nSPS) is 13.8. The maximum atomic E-state index is 8.95. The second kappa shape index (κ2) is 8.42. The first-order valence-corrected chi connectivity index (χ1v) is 10.2. The summed E-state index contributed by atoms with van der Waals surface area (Å²) in [6.07, 6.45) is 0. The fourth-order valence-corrected chi connectivity index (χ4v) is 3.78. The fourth-order valence-electron chi connectivity index (χ4n) is 3.78. The minimum atomic E-state index is 0.576. The topological polar surface area (TPSA) is 68.1 Å². The number of hydrogen-bond donors (Lipinski definition) is 1. The monoisotopic (exact) mass is 398 g/mol. The van der Waals surface area contributed by atoms with Crippen LogP contribution in [0.3, 0.4) is 0 Å². The SMILES string of the molecule is Cc1cc(N2CCN(c3cccc(C)c3C)CC2)nc(Nc2ccc(C#N)cc2)n1. The van der Waals surface area contributed by atoms with E-state index in [9.17, 15) is 0 Å². The van der Waals surface area contributed by atoms with E-state index in [1.165, 1.54) is 16.8 Å². The molecule has 6 heteroatoms. The van der Waals surface area contributed by atoms with Gasteiger partial charge in [-0.25, -0.2) is 4.98 Å². The summed E-state index contributed by atoms with van der Waals surface area (Å²) >= 11 is 0. The zero-order valence-corrected chi connectivity index (χ0v) is 17.7. The molecule has 30 heavy (non-hydrogen) atoms. The Bertz CT molecular complexity index is 1080. The van der Waals surface area contributed by atoms with Gasteiger partial charge in [0.1, 0.15) is 5.82 Å². The van der Waals surface area contributed by atoms with Crippen molar-refractivity contribution < 1.29 is 0 Å². The summed E-state index contributed by atoms with van der Waals surface area (Å²) in [4.78, 5) is 14.1. The van der Waals surface area contributed by atoms with Crippen molar-refractivity contribution in [2.75, 3.05) is 41.3 Å². The molecule has 0 amide bonds. The van der Waals surface area contributed by atoms with Crippen LogP contribution in [-0.2, 0) is 0 Å². The molecule has 0 unspecified atom stereocenters. The van der Waals surface area contributed by atoms with Crippen LogP contribution in [0.5, 0.6) is 0 Å². The Morgan fingerprint density at radius 2 is 1.60 bits per heavy atom. The van der Waals surface area contributed by atoms with E-state index in [1.54, 1.807) is 12.1 Å². The number of nitriles is 1. The molecule has 1 aromatic heterocycles. The number of rotatable bonds is 4. The van der Waals surface area contributed by atoms with Crippen molar-refractivity contribution >= 4 is 23.1 Å². The summed E-state index contributed by atoms with van der Waals surface area (Å²) in [5.41, 5.74) is 6.45. The molecule has 4 rings (SSSR count). The smallest absolute Gasteiger partial charge is 0.229 e. The van der Waals surface area contributed by atoms with E-state index in [0.29, 0.717) is 11.5 Å². The highest BCUT2D eigenvalue weighted by Gasteiger charge is 2.20. The molecule has 0 saturated carbocycles. The first kappa shape index (κ1) is 19.7. The van der Waals surface area contributed by atoms with E-state index in [-0.39, 0.29) is 0 Å². The van der Waals surface area contributed by atoms with Gasteiger partial charge in [-0.2, -0.15) is 10.2 Å². The zero-order valence-electron chi connectivity index (χ0n) is 17.7. The maximum absolute atomic E-state index is 8.95. The van der Waals surface area contributed by atoms with Crippen LogP contribution in [0, 0.1) is 32.1 Å². The molecule has 2 heterocycles. The molecule has 0 atom stereocenters. The lowest BCUT2D eigenvalue weighted by Crippen LogP contribution is -2.47. The second-order valence-corrected chi connectivity index (χ2v) is 7.70. The van der Waals surface area contributed by atoms with Crippen LogP contribution < -0.4 is 15.1 Å². The Morgan fingerprint density at radius 1 is 0.900 bits per heavy atom. The molecule has 2 aromatic carbocycles. The average Bonchev–Trinajstić information content (AvgIpc) is 2.76. The van der Waals surface area contributed by atoms with Crippen LogP contribution in [-0.4, -0.2) is 36.1 Å². The standard InChI is InChI=1S/C24H26N6/c1-17-5-4-6-22(19(17)3)29-11-13-30(14-12-29)23-15-18(2)26-24(28-23)27-21-9-7-20(16-25)8-10-21/h4-10,15H,11-14H2,1-3H3,(H,26,27,28). The predicted molar refractivity (Wildman–Crippen MR) is 122 cm³/mol. The third-order valence-electron chi connectivity index (χ3n) is 5.63. The van der Waals surface area contributed by atoms with Gasteiger partial charge in [-0.05, 0) is 62.2 Å². The maximum Gasteiger partial charge on any atom is 0.229 e. The number of aromatic nitrogens is 2. The van der Waals surface area contributed by atoms with Gasteiger partial charge in [-0.15, -0.1) is 0 Å². The molecule has 0 spiro atoms. The largest absolute Gasteiger partial charge is 0.368 e. The van der Waals surface area contributed by atoms with Gasteiger partial charge < -0.3 is 15.1 Å². The van der Waals surface area contributed by atoms with Gasteiger partial charge in [0.15, 0.2) is 0 Å². The van der Waals surface area contributed by atoms with Gasteiger partial charge in [0.2, 0.25) is 5.95 Å². The van der Waals surface area contributed by atoms with Gasteiger partial charge >= 0.3 is 0 Å². The lowest BCUT2D eigenvalue weighted by Gasteiger charge is -2.37. The summed E-state index contributed by atoms with van der Waals surface area (Å²) in [6.45, 7) is 10.1. The van der Waals surface area contributed by atoms with E-state index in [1.807, 2.05) is 25.1 Å².